The van der Waals surface area contributed by atoms with E-state index in [0.29, 0.717) is 31.3 Å². The van der Waals surface area contributed by atoms with Crippen molar-refractivity contribution in [1.29, 1.82) is 0 Å². The Morgan fingerprint density at radius 1 is 1.32 bits per heavy atom. The van der Waals surface area contributed by atoms with E-state index in [2.05, 4.69) is 5.32 Å². The Morgan fingerprint density at radius 2 is 2.11 bits per heavy atom. The summed E-state index contributed by atoms with van der Waals surface area (Å²) in [5.41, 5.74) is 1.03. The van der Waals surface area contributed by atoms with E-state index in [0.717, 1.165) is 11.3 Å². The fourth-order valence-corrected chi connectivity index (χ4v) is 1.78. The van der Waals surface area contributed by atoms with Gasteiger partial charge >= 0.3 is 0 Å². The quantitative estimate of drug-likeness (QED) is 0.684. The van der Waals surface area contributed by atoms with Crippen LogP contribution >= 0.6 is 11.6 Å². The molecule has 108 valence electrons. The highest BCUT2D eigenvalue weighted by atomic mass is 35.5. The Bertz CT molecular complexity index is 372. The predicted octanol–water partition coefficient (Wildman–Crippen LogP) is 2.23. The minimum Gasteiger partial charge on any atom is -0.491 e. The molecule has 0 saturated carbocycles. The summed E-state index contributed by atoms with van der Waals surface area (Å²) in [5, 5.41) is 12.5. The highest BCUT2D eigenvalue weighted by Gasteiger charge is 2.06. The summed E-state index contributed by atoms with van der Waals surface area (Å²) in [7, 11) is 0. The molecule has 0 spiro atoms. The van der Waals surface area contributed by atoms with E-state index in [1.165, 1.54) is 0 Å². The Balaban J connectivity index is 2.44. The Hall–Kier alpha value is -0.810. The van der Waals surface area contributed by atoms with E-state index in [1.807, 2.05) is 32.0 Å². The molecule has 0 radical (unpaired) electrons. The second-order valence-electron chi connectivity index (χ2n) is 4.43. The number of aliphatic hydroxyl groups excluding tert-OH is 1. The number of benzene rings is 1. The van der Waals surface area contributed by atoms with Crippen molar-refractivity contribution in [2.75, 3.05) is 26.4 Å². The minimum absolute atomic E-state index is 0.0562. The average Bonchev–Trinajstić information content (AvgIpc) is 2.36. The number of aliphatic hydroxyl groups is 1. The van der Waals surface area contributed by atoms with Crippen LogP contribution in [0.25, 0.3) is 0 Å². The van der Waals surface area contributed by atoms with Gasteiger partial charge in [-0.2, -0.15) is 0 Å². The van der Waals surface area contributed by atoms with Crippen molar-refractivity contribution in [3.63, 3.8) is 0 Å². The molecule has 0 bridgehead atoms. The van der Waals surface area contributed by atoms with Crippen LogP contribution in [0, 0.1) is 0 Å². The molecule has 0 atom stereocenters. The summed E-state index contributed by atoms with van der Waals surface area (Å²) in [5.74, 6) is 0.850. The van der Waals surface area contributed by atoms with Crippen molar-refractivity contribution in [1.82, 2.24) is 5.32 Å². The zero-order chi connectivity index (χ0) is 14.1. The Labute approximate surface area is 119 Å². The molecule has 0 saturated heterocycles. The minimum atomic E-state index is 0.0562. The summed E-state index contributed by atoms with van der Waals surface area (Å²) in [6, 6.07) is 5.62. The van der Waals surface area contributed by atoms with E-state index in [1.54, 1.807) is 0 Å². The molecule has 2 N–H and O–H groups in total. The number of rotatable bonds is 9. The molecule has 0 heterocycles. The molecule has 0 fully saturated rings. The summed E-state index contributed by atoms with van der Waals surface area (Å²) < 4.78 is 10.9. The maximum atomic E-state index is 8.57. The third-order valence-electron chi connectivity index (χ3n) is 2.36. The van der Waals surface area contributed by atoms with Crippen LogP contribution in [0.5, 0.6) is 5.75 Å². The van der Waals surface area contributed by atoms with Gasteiger partial charge in [-0.1, -0.05) is 11.6 Å². The van der Waals surface area contributed by atoms with Crippen LogP contribution in [0.2, 0.25) is 5.02 Å². The standard InChI is InChI=1S/C14H22ClNO3/c1-11(2)19-14-4-3-13(15)9-12(14)10-16-5-7-18-8-6-17/h3-4,9,11,16-17H,5-8,10H2,1-2H3. The van der Waals surface area contributed by atoms with Crippen LogP contribution in [-0.2, 0) is 11.3 Å². The predicted molar refractivity (Wildman–Crippen MR) is 76.8 cm³/mol. The van der Waals surface area contributed by atoms with E-state index in [-0.39, 0.29) is 12.7 Å². The van der Waals surface area contributed by atoms with Crippen LogP contribution in [0.1, 0.15) is 19.4 Å². The normalized spacial score (nSPS) is 11.0. The maximum Gasteiger partial charge on any atom is 0.124 e. The van der Waals surface area contributed by atoms with Crippen LogP contribution in [-0.4, -0.2) is 37.6 Å². The first-order valence-electron chi connectivity index (χ1n) is 6.48. The van der Waals surface area contributed by atoms with Gasteiger partial charge in [0.15, 0.2) is 0 Å². The van der Waals surface area contributed by atoms with Crippen LogP contribution < -0.4 is 10.1 Å². The van der Waals surface area contributed by atoms with Crippen molar-refractivity contribution in [3.05, 3.63) is 28.8 Å². The summed E-state index contributed by atoms with van der Waals surface area (Å²) in [4.78, 5) is 0. The number of hydrogen-bond donors (Lipinski definition) is 2. The second kappa shape index (κ2) is 9.15. The molecule has 1 aromatic carbocycles. The molecular weight excluding hydrogens is 266 g/mol. The molecule has 19 heavy (non-hydrogen) atoms. The highest BCUT2D eigenvalue weighted by Crippen LogP contribution is 2.23. The summed E-state index contributed by atoms with van der Waals surface area (Å²) in [6.07, 6.45) is 0.132. The summed E-state index contributed by atoms with van der Waals surface area (Å²) >= 11 is 6.00. The van der Waals surface area contributed by atoms with Crippen LogP contribution in [0.15, 0.2) is 18.2 Å². The van der Waals surface area contributed by atoms with Crippen molar-refractivity contribution in [2.45, 2.75) is 26.5 Å². The average molecular weight is 288 g/mol. The number of hydrogen-bond acceptors (Lipinski definition) is 4. The van der Waals surface area contributed by atoms with Gasteiger partial charge in [-0.15, -0.1) is 0 Å². The van der Waals surface area contributed by atoms with Gasteiger partial charge < -0.3 is 19.9 Å². The lowest BCUT2D eigenvalue weighted by molar-refractivity contribution is 0.0937. The lowest BCUT2D eigenvalue weighted by atomic mass is 10.2. The number of halogens is 1. The van der Waals surface area contributed by atoms with Crippen molar-refractivity contribution in [3.8, 4) is 5.75 Å². The first-order chi connectivity index (χ1) is 9.13. The van der Waals surface area contributed by atoms with Gasteiger partial charge in [0.05, 0.1) is 25.9 Å². The zero-order valence-corrected chi connectivity index (χ0v) is 12.2. The second-order valence-corrected chi connectivity index (χ2v) is 4.87. The van der Waals surface area contributed by atoms with Gasteiger partial charge in [-0.3, -0.25) is 0 Å². The molecule has 0 aliphatic heterocycles. The van der Waals surface area contributed by atoms with E-state index >= 15 is 0 Å². The third-order valence-corrected chi connectivity index (χ3v) is 2.59. The first-order valence-corrected chi connectivity index (χ1v) is 6.85. The van der Waals surface area contributed by atoms with E-state index < -0.39 is 0 Å². The largest absolute Gasteiger partial charge is 0.491 e. The van der Waals surface area contributed by atoms with Gasteiger partial charge in [0.25, 0.3) is 0 Å². The fourth-order valence-electron chi connectivity index (χ4n) is 1.59. The zero-order valence-electron chi connectivity index (χ0n) is 11.5. The molecular formula is C14H22ClNO3. The highest BCUT2D eigenvalue weighted by molar-refractivity contribution is 6.30. The SMILES string of the molecule is CC(C)Oc1ccc(Cl)cc1CNCCOCCO. The van der Waals surface area contributed by atoms with Crippen molar-refractivity contribution in [2.24, 2.45) is 0 Å². The van der Waals surface area contributed by atoms with Gasteiger partial charge in [0.2, 0.25) is 0 Å². The molecule has 4 nitrogen and oxygen atoms in total. The first kappa shape index (κ1) is 16.2. The molecule has 1 rings (SSSR count). The number of nitrogens with one attached hydrogen (secondary N) is 1. The molecule has 0 aliphatic carbocycles. The monoisotopic (exact) mass is 287 g/mol. The lowest BCUT2D eigenvalue weighted by Crippen LogP contribution is -2.20. The lowest BCUT2D eigenvalue weighted by Gasteiger charge is -2.15. The smallest absolute Gasteiger partial charge is 0.124 e. The van der Waals surface area contributed by atoms with Gasteiger partial charge in [-0.25, -0.2) is 0 Å². The topological polar surface area (TPSA) is 50.7 Å². The van der Waals surface area contributed by atoms with Crippen LogP contribution in [0.4, 0.5) is 0 Å². The summed E-state index contributed by atoms with van der Waals surface area (Å²) in [6.45, 7) is 6.38. The molecule has 1 aromatic rings. The maximum absolute atomic E-state index is 8.57. The molecule has 0 aliphatic rings. The van der Waals surface area contributed by atoms with Gasteiger partial charge in [0, 0.05) is 23.7 Å². The fraction of sp³-hybridized carbons (Fsp3) is 0.571. The van der Waals surface area contributed by atoms with Gasteiger partial charge in [0.1, 0.15) is 5.75 Å². The van der Waals surface area contributed by atoms with Crippen molar-refractivity contribution < 1.29 is 14.6 Å². The Morgan fingerprint density at radius 3 is 2.79 bits per heavy atom. The van der Waals surface area contributed by atoms with Crippen molar-refractivity contribution >= 4 is 11.6 Å². The van der Waals surface area contributed by atoms with E-state index in [4.69, 9.17) is 26.2 Å². The third kappa shape index (κ3) is 6.78. The molecule has 5 heteroatoms. The molecule has 0 amide bonds. The number of ether oxygens (including phenoxy) is 2. The molecule has 0 aromatic heterocycles. The molecule has 0 unspecified atom stereocenters. The van der Waals surface area contributed by atoms with Crippen LogP contribution in [0.3, 0.4) is 0 Å². The Kier molecular flexibility index (Phi) is 7.82. The van der Waals surface area contributed by atoms with Gasteiger partial charge in [-0.05, 0) is 32.0 Å². The van der Waals surface area contributed by atoms with E-state index in [9.17, 15) is 0 Å².